The highest BCUT2D eigenvalue weighted by molar-refractivity contribution is 7.89. The summed E-state index contributed by atoms with van der Waals surface area (Å²) in [6.07, 6.45) is 2.39. The van der Waals surface area contributed by atoms with Crippen molar-refractivity contribution < 1.29 is 18.3 Å². The Bertz CT molecular complexity index is 933. The van der Waals surface area contributed by atoms with Crippen LogP contribution in [0.15, 0.2) is 59.5 Å². The number of fused-ring (bicyclic) bond motifs is 1. The topological polar surface area (TPSA) is 83.5 Å². The average molecular weight is 357 g/mol. The molecule has 2 aromatic rings. The maximum absolute atomic E-state index is 12.5. The molecule has 0 bridgehead atoms. The van der Waals surface area contributed by atoms with Crippen LogP contribution in [0.5, 0.6) is 0 Å². The molecule has 0 radical (unpaired) electrons. The lowest BCUT2D eigenvalue weighted by Gasteiger charge is -2.12. The molecule has 1 aliphatic rings. The van der Waals surface area contributed by atoms with E-state index in [0.29, 0.717) is 18.4 Å². The summed E-state index contributed by atoms with van der Waals surface area (Å²) in [5, 5.41) is 8.86. The van der Waals surface area contributed by atoms with Crippen LogP contribution in [0.4, 0.5) is 0 Å². The number of allylic oxidation sites excluding steroid dienone is 1. The molecule has 0 aliphatic heterocycles. The molecular formula is C19H19NO4S. The van der Waals surface area contributed by atoms with Crippen LogP contribution in [0.1, 0.15) is 23.6 Å². The summed E-state index contributed by atoms with van der Waals surface area (Å²) in [6, 6.07) is 13.9. The highest BCUT2D eigenvalue weighted by Gasteiger charge is 2.26. The molecule has 1 atom stereocenters. The van der Waals surface area contributed by atoms with E-state index in [-0.39, 0.29) is 10.9 Å². The van der Waals surface area contributed by atoms with Gasteiger partial charge in [-0.1, -0.05) is 36.4 Å². The lowest BCUT2D eigenvalue weighted by Crippen LogP contribution is -2.35. The van der Waals surface area contributed by atoms with Crippen LogP contribution < -0.4 is 4.72 Å². The lowest BCUT2D eigenvalue weighted by atomic mass is 10.0. The van der Waals surface area contributed by atoms with E-state index in [2.05, 4.69) is 4.72 Å². The first-order chi connectivity index (χ1) is 11.8. The largest absolute Gasteiger partial charge is 0.478 e. The monoisotopic (exact) mass is 357 g/mol. The average Bonchev–Trinajstić information content (AvgIpc) is 2.95. The molecule has 5 nitrogen and oxygen atoms in total. The normalized spacial score (nSPS) is 17.3. The molecule has 0 fully saturated rings. The van der Waals surface area contributed by atoms with E-state index >= 15 is 0 Å². The second kappa shape index (κ2) is 6.82. The minimum atomic E-state index is -3.54. The summed E-state index contributed by atoms with van der Waals surface area (Å²) in [5.41, 5.74) is 3.65. The van der Waals surface area contributed by atoms with Gasteiger partial charge in [0.15, 0.2) is 0 Å². The molecule has 0 spiro atoms. The number of carbonyl (C=O) groups is 1. The summed E-state index contributed by atoms with van der Waals surface area (Å²) >= 11 is 0. The van der Waals surface area contributed by atoms with Gasteiger partial charge in [0.25, 0.3) is 0 Å². The van der Waals surface area contributed by atoms with Gasteiger partial charge in [0.1, 0.15) is 0 Å². The fraction of sp³-hybridized carbons (Fsp3) is 0.211. The first-order valence-corrected chi connectivity index (χ1v) is 9.44. The Morgan fingerprint density at radius 1 is 1.12 bits per heavy atom. The van der Waals surface area contributed by atoms with Crippen molar-refractivity contribution in [1.29, 1.82) is 0 Å². The molecule has 3 rings (SSSR count). The van der Waals surface area contributed by atoms with E-state index in [0.717, 1.165) is 16.7 Å². The third kappa shape index (κ3) is 3.97. The van der Waals surface area contributed by atoms with Crippen LogP contribution in [0.3, 0.4) is 0 Å². The van der Waals surface area contributed by atoms with Crippen molar-refractivity contribution in [3.63, 3.8) is 0 Å². The molecule has 0 saturated heterocycles. The number of rotatable bonds is 5. The van der Waals surface area contributed by atoms with Crippen LogP contribution in [0, 0.1) is 0 Å². The quantitative estimate of drug-likeness (QED) is 0.806. The van der Waals surface area contributed by atoms with E-state index in [4.69, 9.17) is 5.11 Å². The van der Waals surface area contributed by atoms with Gasteiger partial charge in [0.2, 0.25) is 10.0 Å². The molecule has 1 aliphatic carbocycles. The molecule has 1 unspecified atom stereocenters. The summed E-state index contributed by atoms with van der Waals surface area (Å²) in [5.74, 6) is -0.980. The lowest BCUT2D eigenvalue weighted by molar-refractivity contribution is -0.131. The fourth-order valence-electron chi connectivity index (χ4n) is 3.10. The van der Waals surface area contributed by atoms with Gasteiger partial charge in [0.05, 0.1) is 4.90 Å². The van der Waals surface area contributed by atoms with Crippen molar-refractivity contribution in [3.8, 4) is 0 Å². The number of hydrogen-bond acceptors (Lipinski definition) is 3. The van der Waals surface area contributed by atoms with Crippen molar-refractivity contribution in [2.75, 3.05) is 0 Å². The number of carboxylic acid groups (broad SMARTS) is 1. The molecule has 130 valence electrons. The molecule has 25 heavy (non-hydrogen) atoms. The minimum Gasteiger partial charge on any atom is -0.478 e. The Labute approximate surface area is 147 Å². The van der Waals surface area contributed by atoms with E-state index in [9.17, 15) is 13.2 Å². The van der Waals surface area contributed by atoms with Crippen LogP contribution >= 0.6 is 0 Å². The highest BCUT2D eigenvalue weighted by Crippen LogP contribution is 2.27. The number of aliphatic carboxylic acids is 1. The maximum atomic E-state index is 12.5. The predicted octanol–water partition coefficient (Wildman–Crippen LogP) is 2.62. The standard InChI is InChI=1S/C19H19NO4S/c1-13(9-19(21)22)14-7-8-15-11-17(12-16(15)10-14)20-25(23,24)18-5-3-2-4-6-18/h2-10,17,20H,11-12H2,1H3,(H,21,22). The van der Waals surface area contributed by atoms with E-state index in [1.165, 1.54) is 6.08 Å². The molecule has 0 aromatic heterocycles. The summed E-state index contributed by atoms with van der Waals surface area (Å²) < 4.78 is 27.7. The van der Waals surface area contributed by atoms with Crippen LogP contribution in [0.2, 0.25) is 0 Å². The summed E-state index contributed by atoms with van der Waals surface area (Å²) in [4.78, 5) is 11.1. The Morgan fingerprint density at radius 3 is 2.48 bits per heavy atom. The summed E-state index contributed by atoms with van der Waals surface area (Å²) in [6.45, 7) is 1.75. The zero-order valence-corrected chi connectivity index (χ0v) is 14.6. The Balaban J connectivity index is 1.77. The fourth-order valence-corrected chi connectivity index (χ4v) is 4.36. The third-order valence-electron chi connectivity index (χ3n) is 4.31. The first kappa shape index (κ1) is 17.4. The maximum Gasteiger partial charge on any atom is 0.328 e. The molecule has 2 N–H and O–H groups in total. The minimum absolute atomic E-state index is 0.195. The number of benzene rings is 2. The highest BCUT2D eigenvalue weighted by atomic mass is 32.2. The Kier molecular flexibility index (Phi) is 4.74. The van der Waals surface area contributed by atoms with Crippen LogP contribution in [-0.2, 0) is 27.7 Å². The molecule has 0 saturated carbocycles. The van der Waals surface area contributed by atoms with Gasteiger partial charge in [-0.15, -0.1) is 0 Å². The molecular weight excluding hydrogens is 338 g/mol. The molecule has 6 heteroatoms. The molecule has 0 amide bonds. The number of carboxylic acids is 1. The second-order valence-electron chi connectivity index (χ2n) is 6.19. The van der Waals surface area contributed by atoms with Crippen LogP contribution in [0.25, 0.3) is 5.57 Å². The Hall–Kier alpha value is -2.44. The van der Waals surface area contributed by atoms with Gasteiger partial charge >= 0.3 is 5.97 Å². The first-order valence-electron chi connectivity index (χ1n) is 7.96. The SMILES string of the molecule is CC(=CC(=O)O)c1ccc2c(c1)CC(NS(=O)(=O)c1ccccc1)C2. The van der Waals surface area contributed by atoms with Crippen LogP contribution in [-0.4, -0.2) is 25.5 Å². The third-order valence-corrected chi connectivity index (χ3v) is 5.85. The van der Waals surface area contributed by atoms with Crippen molar-refractivity contribution >= 4 is 21.6 Å². The van der Waals surface area contributed by atoms with Gasteiger partial charge in [-0.05, 0) is 54.2 Å². The van der Waals surface area contributed by atoms with Crippen molar-refractivity contribution in [2.45, 2.75) is 30.7 Å². The van der Waals surface area contributed by atoms with Gasteiger partial charge in [-0.3, -0.25) is 0 Å². The van der Waals surface area contributed by atoms with Crippen molar-refractivity contribution in [2.24, 2.45) is 0 Å². The van der Waals surface area contributed by atoms with Gasteiger partial charge in [-0.25, -0.2) is 17.9 Å². The van der Waals surface area contributed by atoms with Crippen molar-refractivity contribution in [3.05, 3.63) is 71.3 Å². The van der Waals surface area contributed by atoms with E-state index in [1.54, 1.807) is 37.3 Å². The molecule has 2 aromatic carbocycles. The number of nitrogens with one attached hydrogen (secondary N) is 1. The smallest absolute Gasteiger partial charge is 0.328 e. The zero-order chi connectivity index (χ0) is 18.0. The number of sulfonamides is 1. The second-order valence-corrected chi connectivity index (χ2v) is 7.90. The zero-order valence-electron chi connectivity index (χ0n) is 13.8. The van der Waals surface area contributed by atoms with Gasteiger partial charge in [-0.2, -0.15) is 0 Å². The Morgan fingerprint density at radius 2 is 1.80 bits per heavy atom. The predicted molar refractivity (Wildman–Crippen MR) is 95.7 cm³/mol. The van der Waals surface area contributed by atoms with E-state index < -0.39 is 16.0 Å². The molecule has 0 heterocycles. The van der Waals surface area contributed by atoms with E-state index in [1.807, 2.05) is 18.2 Å². The van der Waals surface area contributed by atoms with Crippen molar-refractivity contribution in [1.82, 2.24) is 4.72 Å². The number of hydrogen-bond donors (Lipinski definition) is 2. The van der Waals surface area contributed by atoms with Gasteiger partial charge in [0, 0.05) is 12.1 Å². The summed E-state index contributed by atoms with van der Waals surface area (Å²) in [7, 11) is -3.54. The van der Waals surface area contributed by atoms with Gasteiger partial charge < -0.3 is 5.11 Å².